The number of hydrogen-bond acceptors (Lipinski definition) is 4. The van der Waals surface area contributed by atoms with Gasteiger partial charge in [-0.15, -0.1) is 11.3 Å². The summed E-state index contributed by atoms with van der Waals surface area (Å²) in [5.41, 5.74) is 0.955. The first-order chi connectivity index (χ1) is 7.66. The topological polar surface area (TPSA) is 65.8 Å². The minimum atomic E-state index is -0.774. The van der Waals surface area contributed by atoms with Crippen molar-refractivity contribution in [3.05, 3.63) is 16.6 Å². The molecule has 1 aromatic heterocycles. The molecule has 1 aliphatic rings. The standard InChI is InChI=1S/C11H13N3OS/c1-8-2-11(3-8,6-12)10(15)14-5-9-4-13-7-16-9/h4,7-8H,2-3,5H2,1H3,(H,14,15). The molecule has 1 aromatic rings. The van der Waals surface area contributed by atoms with Crippen LogP contribution in [0.25, 0.3) is 0 Å². The van der Waals surface area contributed by atoms with Crippen LogP contribution in [0.3, 0.4) is 0 Å². The molecule has 1 saturated carbocycles. The van der Waals surface area contributed by atoms with Gasteiger partial charge in [0.2, 0.25) is 5.91 Å². The Morgan fingerprint density at radius 2 is 2.56 bits per heavy atom. The van der Waals surface area contributed by atoms with E-state index >= 15 is 0 Å². The van der Waals surface area contributed by atoms with E-state index in [1.807, 2.05) is 0 Å². The zero-order valence-corrected chi connectivity index (χ0v) is 9.88. The van der Waals surface area contributed by atoms with Crippen molar-refractivity contribution >= 4 is 17.2 Å². The normalized spacial score (nSPS) is 27.9. The zero-order valence-electron chi connectivity index (χ0n) is 9.06. The highest BCUT2D eigenvalue weighted by molar-refractivity contribution is 7.09. The maximum absolute atomic E-state index is 11.9. The monoisotopic (exact) mass is 235 g/mol. The molecule has 1 heterocycles. The number of nitrogens with zero attached hydrogens (tertiary/aromatic N) is 2. The van der Waals surface area contributed by atoms with Gasteiger partial charge in [-0.1, -0.05) is 6.92 Å². The van der Waals surface area contributed by atoms with Crippen molar-refractivity contribution in [1.29, 1.82) is 5.26 Å². The van der Waals surface area contributed by atoms with Crippen LogP contribution in [0.2, 0.25) is 0 Å². The third kappa shape index (κ3) is 1.93. The smallest absolute Gasteiger partial charge is 0.240 e. The second kappa shape index (κ2) is 4.22. The predicted molar refractivity (Wildman–Crippen MR) is 60.4 cm³/mol. The van der Waals surface area contributed by atoms with Crippen LogP contribution >= 0.6 is 11.3 Å². The molecule has 1 fully saturated rings. The average molecular weight is 235 g/mol. The molecular formula is C11H13N3OS. The van der Waals surface area contributed by atoms with Crippen LogP contribution in [0.15, 0.2) is 11.7 Å². The Labute approximate surface area is 98.3 Å². The van der Waals surface area contributed by atoms with Crippen molar-refractivity contribution in [2.75, 3.05) is 0 Å². The molecule has 0 atom stereocenters. The number of nitrogens with one attached hydrogen (secondary N) is 1. The van der Waals surface area contributed by atoms with E-state index < -0.39 is 5.41 Å². The molecule has 2 rings (SSSR count). The second-order valence-electron chi connectivity index (χ2n) is 4.36. The Kier molecular flexibility index (Phi) is 2.92. The Morgan fingerprint density at radius 3 is 3.06 bits per heavy atom. The van der Waals surface area contributed by atoms with E-state index in [0.29, 0.717) is 25.3 Å². The lowest BCUT2D eigenvalue weighted by atomic mass is 9.63. The first-order valence-corrected chi connectivity index (χ1v) is 6.11. The highest BCUT2D eigenvalue weighted by atomic mass is 32.1. The molecule has 0 spiro atoms. The van der Waals surface area contributed by atoms with Crippen molar-refractivity contribution < 1.29 is 4.79 Å². The van der Waals surface area contributed by atoms with E-state index in [1.165, 1.54) is 11.3 Å². The lowest BCUT2D eigenvalue weighted by molar-refractivity contribution is -0.134. The minimum absolute atomic E-state index is 0.137. The maximum Gasteiger partial charge on any atom is 0.240 e. The number of aromatic nitrogens is 1. The fraction of sp³-hybridized carbons (Fsp3) is 0.545. The molecule has 1 amide bonds. The molecule has 0 radical (unpaired) electrons. The van der Waals surface area contributed by atoms with Gasteiger partial charge < -0.3 is 5.32 Å². The quantitative estimate of drug-likeness (QED) is 0.867. The van der Waals surface area contributed by atoms with Gasteiger partial charge in [-0.2, -0.15) is 5.26 Å². The third-order valence-corrected chi connectivity index (χ3v) is 3.73. The summed E-state index contributed by atoms with van der Waals surface area (Å²) in [6.45, 7) is 2.54. The largest absolute Gasteiger partial charge is 0.350 e. The van der Waals surface area contributed by atoms with Crippen molar-refractivity contribution in [3.8, 4) is 6.07 Å². The molecule has 16 heavy (non-hydrogen) atoms. The molecule has 84 valence electrons. The van der Waals surface area contributed by atoms with Gasteiger partial charge in [0.25, 0.3) is 0 Å². The molecule has 0 bridgehead atoms. The number of rotatable bonds is 3. The van der Waals surface area contributed by atoms with Gasteiger partial charge >= 0.3 is 0 Å². The molecule has 0 aromatic carbocycles. The van der Waals surface area contributed by atoms with Crippen LogP contribution < -0.4 is 5.32 Å². The number of thiazole rings is 1. The number of nitriles is 1. The van der Waals surface area contributed by atoms with Gasteiger partial charge in [-0.3, -0.25) is 9.78 Å². The second-order valence-corrected chi connectivity index (χ2v) is 5.33. The van der Waals surface area contributed by atoms with E-state index in [4.69, 9.17) is 5.26 Å². The highest BCUT2D eigenvalue weighted by Crippen LogP contribution is 2.45. The highest BCUT2D eigenvalue weighted by Gasteiger charge is 2.48. The molecule has 4 nitrogen and oxygen atoms in total. The average Bonchev–Trinajstić information content (AvgIpc) is 2.73. The number of hydrogen-bond donors (Lipinski definition) is 1. The van der Waals surface area contributed by atoms with Gasteiger partial charge in [-0.05, 0) is 18.8 Å². The Hall–Kier alpha value is -1.41. The Morgan fingerprint density at radius 1 is 1.81 bits per heavy atom. The van der Waals surface area contributed by atoms with E-state index in [-0.39, 0.29) is 5.91 Å². The van der Waals surface area contributed by atoms with Crippen LogP contribution in [0.1, 0.15) is 24.6 Å². The van der Waals surface area contributed by atoms with E-state index in [2.05, 4.69) is 23.3 Å². The van der Waals surface area contributed by atoms with E-state index in [0.717, 1.165) is 4.88 Å². The van der Waals surface area contributed by atoms with Crippen LogP contribution in [0.4, 0.5) is 0 Å². The number of carbonyl (C=O) groups excluding carboxylic acids is 1. The molecule has 5 heteroatoms. The Balaban J connectivity index is 1.91. The summed E-state index contributed by atoms with van der Waals surface area (Å²) in [5, 5.41) is 11.9. The van der Waals surface area contributed by atoms with Crippen LogP contribution in [-0.4, -0.2) is 10.9 Å². The minimum Gasteiger partial charge on any atom is -0.350 e. The van der Waals surface area contributed by atoms with Gasteiger partial charge in [-0.25, -0.2) is 0 Å². The summed E-state index contributed by atoms with van der Waals surface area (Å²) in [7, 11) is 0. The van der Waals surface area contributed by atoms with Crippen molar-refractivity contribution in [2.24, 2.45) is 11.3 Å². The molecule has 1 N–H and O–H groups in total. The summed E-state index contributed by atoms with van der Waals surface area (Å²) in [4.78, 5) is 16.8. The zero-order chi connectivity index (χ0) is 11.6. The van der Waals surface area contributed by atoms with Gasteiger partial charge in [0.05, 0.1) is 18.1 Å². The van der Waals surface area contributed by atoms with Crippen LogP contribution in [0, 0.1) is 22.7 Å². The summed E-state index contributed by atoms with van der Waals surface area (Å²) in [6.07, 6.45) is 3.09. The summed E-state index contributed by atoms with van der Waals surface area (Å²) < 4.78 is 0. The summed E-state index contributed by atoms with van der Waals surface area (Å²) >= 11 is 1.50. The van der Waals surface area contributed by atoms with E-state index in [1.54, 1.807) is 11.7 Å². The van der Waals surface area contributed by atoms with Crippen molar-refractivity contribution in [2.45, 2.75) is 26.3 Å². The van der Waals surface area contributed by atoms with E-state index in [9.17, 15) is 4.79 Å². The summed E-state index contributed by atoms with van der Waals surface area (Å²) in [6, 6.07) is 2.15. The lowest BCUT2D eigenvalue weighted by Gasteiger charge is -2.39. The first kappa shape index (κ1) is 11.1. The van der Waals surface area contributed by atoms with Crippen LogP contribution in [-0.2, 0) is 11.3 Å². The van der Waals surface area contributed by atoms with Gasteiger partial charge in [0.1, 0.15) is 5.41 Å². The first-order valence-electron chi connectivity index (χ1n) is 5.23. The Bertz CT molecular complexity index is 415. The van der Waals surface area contributed by atoms with Crippen molar-refractivity contribution in [1.82, 2.24) is 10.3 Å². The molecule has 0 saturated heterocycles. The fourth-order valence-corrected chi connectivity index (χ4v) is 2.66. The predicted octanol–water partition coefficient (Wildman–Crippen LogP) is 1.70. The van der Waals surface area contributed by atoms with Crippen molar-refractivity contribution in [3.63, 3.8) is 0 Å². The lowest BCUT2D eigenvalue weighted by Crippen LogP contribution is -2.47. The summed E-state index contributed by atoms with van der Waals surface area (Å²) in [5.74, 6) is 0.343. The number of amides is 1. The third-order valence-electron chi connectivity index (χ3n) is 2.95. The molecule has 1 aliphatic carbocycles. The van der Waals surface area contributed by atoms with Crippen LogP contribution in [0.5, 0.6) is 0 Å². The SMILES string of the molecule is CC1CC(C#N)(C(=O)NCc2cncs2)C1. The number of carbonyl (C=O) groups is 1. The maximum atomic E-state index is 11.9. The fourth-order valence-electron chi connectivity index (χ4n) is 2.12. The molecular weight excluding hydrogens is 222 g/mol. The molecule has 0 aliphatic heterocycles. The molecule has 0 unspecified atom stereocenters. The van der Waals surface area contributed by atoms with Gasteiger partial charge in [0, 0.05) is 11.1 Å². The van der Waals surface area contributed by atoms with Gasteiger partial charge in [0.15, 0.2) is 0 Å².